The third-order valence-corrected chi connectivity index (χ3v) is 5.87. The third kappa shape index (κ3) is 4.41. The van der Waals surface area contributed by atoms with Gasteiger partial charge in [0.05, 0.1) is 4.90 Å². The van der Waals surface area contributed by atoms with E-state index >= 15 is 0 Å². The molecule has 0 N–H and O–H groups in total. The Morgan fingerprint density at radius 1 is 1.04 bits per heavy atom. The monoisotopic (exact) mass is 361 g/mol. The van der Waals surface area contributed by atoms with Crippen molar-refractivity contribution < 1.29 is 17.6 Å². The largest absolute Gasteiger partial charge is 0.289 e. The van der Waals surface area contributed by atoms with Gasteiger partial charge in [-0.15, -0.1) is 0 Å². The molecule has 132 valence electrons. The van der Waals surface area contributed by atoms with Gasteiger partial charge in [0.25, 0.3) is 0 Å². The zero-order chi connectivity index (χ0) is 18.4. The van der Waals surface area contributed by atoms with Crippen LogP contribution in [0.2, 0.25) is 0 Å². The van der Waals surface area contributed by atoms with Crippen LogP contribution in [-0.4, -0.2) is 31.6 Å². The van der Waals surface area contributed by atoms with Crippen LogP contribution in [0.15, 0.2) is 59.5 Å². The fourth-order valence-corrected chi connectivity index (χ4v) is 3.83. The lowest BCUT2D eigenvalue weighted by atomic mass is 10.1. The summed E-state index contributed by atoms with van der Waals surface area (Å²) in [5.41, 5.74) is 0.655. The Morgan fingerprint density at radius 2 is 1.64 bits per heavy atom. The lowest BCUT2D eigenvalue weighted by Crippen LogP contribution is -2.30. The van der Waals surface area contributed by atoms with Crippen LogP contribution >= 0.6 is 0 Å². The normalized spacial score (nSPS) is 12.0. The SMILES string of the molecule is CCN(CC)S(=O)(=O)c1ccc(C(=O)/C=C/c2ccccc2F)cc1. The molecule has 0 radical (unpaired) electrons. The summed E-state index contributed by atoms with van der Waals surface area (Å²) >= 11 is 0. The van der Waals surface area contributed by atoms with Gasteiger partial charge in [0.2, 0.25) is 10.0 Å². The molecule has 0 aliphatic carbocycles. The molecule has 2 aromatic carbocycles. The molecule has 0 fully saturated rings. The fraction of sp³-hybridized carbons (Fsp3) is 0.211. The minimum Gasteiger partial charge on any atom is -0.289 e. The lowest BCUT2D eigenvalue weighted by molar-refractivity contribution is 0.104. The average molecular weight is 361 g/mol. The van der Waals surface area contributed by atoms with E-state index in [1.165, 1.54) is 46.8 Å². The highest BCUT2D eigenvalue weighted by Gasteiger charge is 2.21. The maximum Gasteiger partial charge on any atom is 0.243 e. The molecule has 0 bridgehead atoms. The molecule has 0 atom stereocenters. The first-order chi connectivity index (χ1) is 11.9. The van der Waals surface area contributed by atoms with Crippen molar-refractivity contribution in [3.8, 4) is 0 Å². The van der Waals surface area contributed by atoms with E-state index in [4.69, 9.17) is 0 Å². The molecule has 0 aliphatic rings. The molecule has 0 heterocycles. The van der Waals surface area contributed by atoms with E-state index in [1.54, 1.807) is 32.0 Å². The van der Waals surface area contributed by atoms with E-state index in [2.05, 4.69) is 0 Å². The van der Waals surface area contributed by atoms with Crippen molar-refractivity contribution in [2.24, 2.45) is 0 Å². The summed E-state index contributed by atoms with van der Waals surface area (Å²) in [6.07, 6.45) is 2.67. The van der Waals surface area contributed by atoms with Crippen molar-refractivity contribution in [1.29, 1.82) is 0 Å². The minimum atomic E-state index is -3.55. The van der Waals surface area contributed by atoms with Gasteiger partial charge in [0.1, 0.15) is 5.82 Å². The number of halogens is 1. The molecule has 4 nitrogen and oxygen atoms in total. The minimum absolute atomic E-state index is 0.144. The first kappa shape index (κ1) is 19.0. The molecule has 0 saturated carbocycles. The van der Waals surface area contributed by atoms with Crippen LogP contribution in [0.5, 0.6) is 0 Å². The predicted molar refractivity (Wildman–Crippen MR) is 96.3 cm³/mol. The topological polar surface area (TPSA) is 54.5 Å². The van der Waals surface area contributed by atoms with E-state index in [0.29, 0.717) is 24.2 Å². The number of allylic oxidation sites excluding steroid dienone is 1. The zero-order valence-corrected chi connectivity index (χ0v) is 15.0. The average Bonchev–Trinajstić information content (AvgIpc) is 2.61. The number of sulfonamides is 1. The van der Waals surface area contributed by atoms with Gasteiger partial charge in [0, 0.05) is 24.2 Å². The van der Waals surface area contributed by atoms with E-state index in [0.717, 1.165) is 0 Å². The Balaban J connectivity index is 2.20. The predicted octanol–water partition coefficient (Wildman–Crippen LogP) is 3.75. The molecule has 6 heteroatoms. The van der Waals surface area contributed by atoms with Gasteiger partial charge in [-0.25, -0.2) is 12.8 Å². The third-order valence-electron chi connectivity index (χ3n) is 3.80. The smallest absolute Gasteiger partial charge is 0.243 e. The number of nitrogens with zero attached hydrogens (tertiary/aromatic N) is 1. The van der Waals surface area contributed by atoms with Gasteiger partial charge in [-0.3, -0.25) is 4.79 Å². The number of benzene rings is 2. The van der Waals surface area contributed by atoms with Crippen LogP contribution in [-0.2, 0) is 10.0 Å². The summed E-state index contributed by atoms with van der Waals surface area (Å²) in [5, 5.41) is 0. The molecule has 25 heavy (non-hydrogen) atoms. The molecule has 0 saturated heterocycles. The summed E-state index contributed by atoms with van der Waals surface area (Å²) in [5.74, 6) is -0.734. The molecule has 2 rings (SSSR count). The van der Waals surface area contributed by atoms with Crippen molar-refractivity contribution >= 4 is 21.9 Å². The van der Waals surface area contributed by atoms with Crippen LogP contribution in [0.4, 0.5) is 4.39 Å². The van der Waals surface area contributed by atoms with Crippen LogP contribution in [0.3, 0.4) is 0 Å². The highest BCUT2D eigenvalue weighted by Crippen LogP contribution is 2.17. The second-order valence-electron chi connectivity index (χ2n) is 5.33. The number of ketones is 1. The lowest BCUT2D eigenvalue weighted by Gasteiger charge is -2.18. The molecule has 2 aromatic rings. The molecule has 0 amide bonds. The number of hydrogen-bond donors (Lipinski definition) is 0. The highest BCUT2D eigenvalue weighted by atomic mass is 32.2. The first-order valence-electron chi connectivity index (χ1n) is 7.97. The van der Waals surface area contributed by atoms with E-state index in [1.807, 2.05) is 0 Å². The fourth-order valence-electron chi connectivity index (χ4n) is 2.38. The van der Waals surface area contributed by atoms with Gasteiger partial charge in [-0.05, 0) is 42.5 Å². The second kappa shape index (κ2) is 8.18. The van der Waals surface area contributed by atoms with Crippen LogP contribution in [0, 0.1) is 5.82 Å². The standard InChI is InChI=1S/C19H20FNO3S/c1-3-21(4-2)25(23,24)17-12-9-16(10-13-17)19(22)14-11-15-7-5-6-8-18(15)20/h5-14H,3-4H2,1-2H3/b14-11+. The van der Waals surface area contributed by atoms with Gasteiger partial charge >= 0.3 is 0 Å². The van der Waals surface area contributed by atoms with E-state index in [-0.39, 0.29) is 10.7 Å². The van der Waals surface area contributed by atoms with Crippen molar-refractivity contribution in [3.63, 3.8) is 0 Å². The summed E-state index contributed by atoms with van der Waals surface area (Å²) in [6.45, 7) is 4.30. The zero-order valence-electron chi connectivity index (χ0n) is 14.1. The first-order valence-corrected chi connectivity index (χ1v) is 9.41. The second-order valence-corrected chi connectivity index (χ2v) is 7.27. The molecule has 0 aromatic heterocycles. The van der Waals surface area contributed by atoms with Crippen LogP contribution in [0.1, 0.15) is 29.8 Å². The summed E-state index contributed by atoms with van der Waals surface area (Å²) < 4.78 is 39.7. The molecular weight excluding hydrogens is 341 g/mol. The number of carbonyl (C=O) groups excluding carboxylic acids is 1. The van der Waals surface area contributed by atoms with Gasteiger partial charge in [0.15, 0.2) is 5.78 Å². The summed E-state index contributed by atoms with van der Waals surface area (Å²) in [4.78, 5) is 12.3. The summed E-state index contributed by atoms with van der Waals surface area (Å²) in [6, 6.07) is 11.9. The Bertz CT molecular complexity index is 870. The van der Waals surface area contributed by atoms with Crippen molar-refractivity contribution in [2.75, 3.05) is 13.1 Å². The van der Waals surface area contributed by atoms with Gasteiger partial charge in [-0.2, -0.15) is 4.31 Å². The van der Waals surface area contributed by atoms with E-state index < -0.39 is 15.8 Å². The van der Waals surface area contributed by atoms with Gasteiger partial charge in [-0.1, -0.05) is 32.0 Å². The maximum atomic E-state index is 13.5. The molecule has 0 spiro atoms. The van der Waals surface area contributed by atoms with Crippen molar-refractivity contribution in [3.05, 3.63) is 71.6 Å². The van der Waals surface area contributed by atoms with E-state index in [9.17, 15) is 17.6 Å². The van der Waals surface area contributed by atoms with Gasteiger partial charge < -0.3 is 0 Å². The van der Waals surface area contributed by atoms with Crippen molar-refractivity contribution in [2.45, 2.75) is 18.7 Å². The Morgan fingerprint density at radius 3 is 2.20 bits per heavy atom. The Hall–Kier alpha value is -2.31. The maximum absolute atomic E-state index is 13.5. The molecule has 0 unspecified atom stereocenters. The van der Waals surface area contributed by atoms with Crippen LogP contribution in [0.25, 0.3) is 6.08 Å². The van der Waals surface area contributed by atoms with Crippen molar-refractivity contribution in [1.82, 2.24) is 4.31 Å². The Kier molecular flexibility index (Phi) is 6.22. The Labute approximate surface area is 147 Å². The van der Waals surface area contributed by atoms with Crippen LogP contribution < -0.4 is 0 Å². The molecule has 0 aliphatic heterocycles. The molecular formula is C19H20FNO3S. The quantitative estimate of drug-likeness (QED) is 0.557. The number of carbonyl (C=O) groups is 1. The highest BCUT2D eigenvalue weighted by molar-refractivity contribution is 7.89. The summed E-state index contributed by atoms with van der Waals surface area (Å²) in [7, 11) is -3.55. The number of hydrogen-bond acceptors (Lipinski definition) is 3. The number of rotatable bonds is 7.